The second kappa shape index (κ2) is 7.01. The molecule has 0 spiro atoms. The smallest absolute Gasteiger partial charge is 0.274 e. The van der Waals surface area contributed by atoms with Crippen LogP contribution in [0.1, 0.15) is 51.9 Å². The molecule has 2 amide bonds. The zero-order valence-corrected chi connectivity index (χ0v) is 17.5. The number of hydrogen-bond acceptors (Lipinski definition) is 3. The van der Waals surface area contributed by atoms with Crippen LogP contribution in [0.4, 0.5) is 4.39 Å². The number of carbonyl (C=O) groups excluding carboxylic acids is 2. The first kappa shape index (κ1) is 19.4. The Morgan fingerprint density at radius 1 is 1.23 bits per heavy atom. The van der Waals surface area contributed by atoms with Crippen LogP contribution >= 0.6 is 11.6 Å². The van der Waals surface area contributed by atoms with Crippen LogP contribution in [-0.2, 0) is 19.5 Å². The molecule has 1 unspecified atom stereocenters. The van der Waals surface area contributed by atoms with Gasteiger partial charge in [-0.1, -0.05) is 17.7 Å². The molecule has 1 N–H and O–H groups in total. The van der Waals surface area contributed by atoms with E-state index in [1.165, 1.54) is 12.1 Å². The Hall–Kier alpha value is -2.54. The normalized spacial score (nSPS) is 21.1. The van der Waals surface area contributed by atoms with E-state index in [1.54, 1.807) is 11.0 Å². The molecule has 1 saturated carbocycles. The van der Waals surface area contributed by atoms with Crippen molar-refractivity contribution in [3.63, 3.8) is 0 Å². The minimum absolute atomic E-state index is 0.00941. The highest BCUT2D eigenvalue weighted by molar-refractivity contribution is 6.30. The van der Waals surface area contributed by atoms with Crippen molar-refractivity contribution < 1.29 is 19.1 Å². The summed E-state index contributed by atoms with van der Waals surface area (Å²) in [5, 5.41) is 10.9. The molecule has 1 fully saturated rings. The number of rotatable bonds is 4. The molecule has 1 aromatic carbocycles. The number of amides is 2. The lowest BCUT2D eigenvalue weighted by Gasteiger charge is -2.35. The molecular weight excluding hydrogens is 409 g/mol. The Kier molecular flexibility index (Phi) is 4.54. The van der Waals surface area contributed by atoms with Crippen molar-refractivity contribution in [1.29, 1.82) is 0 Å². The van der Waals surface area contributed by atoms with E-state index in [-0.39, 0.29) is 46.4 Å². The number of hydrogen-bond donors (Lipinski definition) is 1. The Morgan fingerprint density at radius 2 is 2.00 bits per heavy atom. The summed E-state index contributed by atoms with van der Waals surface area (Å²) >= 11 is 5.86. The molecule has 3 aliphatic rings. The van der Waals surface area contributed by atoms with Crippen molar-refractivity contribution >= 4 is 23.4 Å². The van der Waals surface area contributed by atoms with Crippen LogP contribution in [0.5, 0.6) is 5.75 Å². The molecule has 1 atom stereocenters. The molecule has 0 bridgehead atoms. The van der Waals surface area contributed by atoms with E-state index in [1.807, 2.05) is 16.4 Å². The van der Waals surface area contributed by atoms with Gasteiger partial charge >= 0.3 is 0 Å². The van der Waals surface area contributed by atoms with Gasteiger partial charge in [-0.05, 0) is 43.4 Å². The number of nitrogens with zero attached hydrogens (tertiary/aromatic N) is 3. The topological polar surface area (TPSA) is 65.8 Å². The zero-order chi connectivity index (χ0) is 21.2. The number of aromatic hydroxyl groups is 1. The van der Waals surface area contributed by atoms with Crippen LogP contribution in [0.3, 0.4) is 0 Å². The van der Waals surface area contributed by atoms with Gasteiger partial charge in [0.2, 0.25) is 0 Å². The van der Waals surface area contributed by atoms with Crippen LogP contribution < -0.4 is 0 Å². The molecule has 5 rings (SSSR count). The lowest BCUT2D eigenvalue weighted by molar-refractivity contribution is 0.0594. The number of aromatic nitrogens is 1. The second-order valence-electron chi connectivity index (χ2n) is 8.60. The summed E-state index contributed by atoms with van der Waals surface area (Å²) < 4.78 is 15.3. The Bertz CT molecular complexity index is 1060. The van der Waals surface area contributed by atoms with Gasteiger partial charge in [-0.3, -0.25) is 9.59 Å². The molecule has 1 aliphatic carbocycles. The number of carbonyl (C=O) groups is 2. The maximum absolute atomic E-state index is 13.4. The van der Waals surface area contributed by atoms with Crippen molar-refractivity contribution in [3.05, 3.63) is 51.6 Å². The Labute approximate surface area is 178 Å². The molecule has 30 heavy (non-hydrogen) atoms. The van der Waals surface area contributed by atoms with Crippen molar-refractivity contribution in [1.82, 2.24) is 14.4 Å². The van der Waals surface area contributed by atoms with Crippen molar-refractivity contribution in [2.75, 3.05) is 13.1 Å². The van der Waals surface area contributed by atoms with Gasteiger partial charge < -0.3 is 19.5 Å². The first-order valence-electron chi connectivity index (χ1n) is 10.3. The summed E-state index contributed by atoms with van der Waals surface area (Å²) in [7, 11) is 0. The van der Waals surface area contributed by atoms with E-state index >= 15 is 0 Å². The van der Waals surface area contributed by atoms with Gasteiger partial charge in [-0.2, -0.15) is 0 Å². The lowest BCUT2D eigenvalue weighted by Crippen LogP contribution is -2.47. The third-order valence-corrected chi connectivity index (χ3v) is 6.71. The summed E-state index contributed by atoms with van der Waals surface area (Å²) in [5.41, 5.74) is 1.89. The highest BCUT2D eigenvalue weighted by Crippen LogP contribution is 2.39. The number of benzene rings is 1. The average Bonchev–Trinajstić information content (AvgIpc) is 3.48. The lowest BCUT2D eigenvalue weighted by atomic mass is 10.0. The maximum atomic E-state index is 13.4. The minimum Gasteiger partial charge on any atom is -0.505 e. The summed E-state index contributed by atoms with van der Waals surface area (Å²) in [6, 6.07) is 4.40. The summed E-state index contributed by atoms with van der Waals surface area (Å²) in [6.07, 6.45) is 2.83. The standard InChI is InChI=1S/C22H23ClFN3O3/c1-12-9-27-17-6-7-25(10-14-4-5-16(24)15(23)8-14)21(29)18(17)20(28)19(27)22(30)26(12)11-13-2-3-13/h4-5,8,12-13,28H,2-3,6-7,9-11H2,1H3. The van der Waals surface area contributed by atoms with Gasteiger partial charge in [0.15, 0.2) is 11.4 Å². The fourth-order valence-electron chi connectivity index (χ4n) is 4.61. The van der Waals surface area contributed by atoms with E-state index in [0.717, 1.165) is 18.5 Å². The van der Waals surface area contributed by atoms with E-state index in [9.17, 15) is 19.1 Å². The summed E-state index contributed by atoms with van der Waals surface area (Å²) in [6.45, 7) is 4.02. The quantitative estimate of drug-likeness (QED) is 0.806. The molecule has 0 radical (unpaired) electrons. The van der Waals surface area contributed by atoms with Gasteiger partial charge in [0, 0.05) is 44.3 Å². The van der Waals surface area contributed by atoms with Crippen LogP contribution in [-0.4, -0.2) is 50.4 Å². The maximum Gasteiger partial charge on any atom is 0.274 e. The number of halogens is 2. The van der Waals surface area contributed by atoms with Gasteiger partial charge in [-0.15, -0.1) is 0 Å². The first-order valence-corrected chi connectivity index (χ1v) is 10.7. The third-order valence-electron chi connectivity index (χ3n) is 6.42. The molecule has 3 heterocycles. The molecule has 2 aromatic rings. The number of fused-ring (bicyclic) bond motifs is 3. The van der Waals surface area contributed by atoms with Gasteiger partial charge in [0.25, 0.3) is 11.8 Å². The third kappa shape index (κ3) is 3.07. The van der Waals surface area contributed by atoms with Crippen molar-refractivity contribution in [2.45, 2.75) is 45.3 Å². The van der Waals surface area contributed by atoms with E-state index in [0.29, 0.717) is 37.5 Å². The van der Waals surface area contributed by atoms with Crippen LogP contribution in [0, 0.1) is 11.7 Å². The molecular formula is C22H23ClFN3O3. The summed E-state index contributed by atoms with van der Waals surface area (Å²) in [4.78, 5) is 29.8. The van der Waals surface area contributed by atoms with Crippen LogP contribution in [0.15, 0.2) is 18.2 Å². The summed E-state index contributed by atoms with van der Waals surface area (Å²) in [5.74, 6) is -0.680. The van der Waals surface area contributed by atoms with Gasteiger partial charge in [-0.25, -0.2) is 4.39 Å². The Morgan fingerprint density at radius 3 is 2.70 bits per heavy atom. The first-order chi connectivity index (χ1) is 14.3. The largest absolute Gasteiger partial charge is 0.505 e. The zero-order valence-electron chi connectivity index (χ0n) is 16.7. The molecule has 158 valence electrons. The SMILES string of the molecule is CC1Cn2c3c(c(O)c2C(=O)N1CC1CC1)C(=O)N(Cc1ccc(F)c(Cl)c1)CC3. The minimum atomic E-state index is -0.506. The molecule has 1 aromatic heterocycles. The van der Waals surface area contributed by atoms with E-state index in [4.69, 9.17) is 11.6 Å². The van der Waals surface area contributed by atoms with Crippen LogP contribution in [0.2, 0.25) is 5.02 Å². The van der Waals surface area contributed by atoms with E-state index < -0.39 is 5.82 Å². The molecule has 8 heteroatoms. The highest BCUT2D eigenvalue weighted by Gasteiger charge is 2.42. The molecule has 0 saturated heterocycles. The predicted molar refractivity (Wildman–Crippen MR) is 109 cm³/mol. The molecule has 6 nitrogen and oxygen atoms in total. The molecule has 2 aliphatic heterocycles. The fraction of sp³-hybridized carbons (Fsp3) is 0.455. The highest BCUT2D eigenvalue weighted by atomic mass is 35.5. The second-order valence-corrected chi connectivity index (χ2v) is 9.01. The fourth-order valence-corrected chi connectivity index (χ4v) is 4.81. The average molecular weight is 432 g/mol. The monoisotopic (exact) mass is 431 g/mol. The van der Waals surface area contributed by atoms with E-state index in [2.05, 4.69) is 0 Å². The van der Waals surface area contributed by atoms with Gasteiger partial charge in [0.1, 0.15) is 11.4 Å². The van der Waals surface area contributed by atoms with Gasteiger partial charge in [0.05, 0.1) is 5.02 Å². The van der Waals surface area contributed by atoms with Crippen LogP contribution in [0.25, 0.3) is 0 Å². The Balaban J connectivity index is 1.45. The van der Waals surface area contributed by atoms with Crippen molar-refractivity contribution in [2.24, 2.45) is 5.92 Å². The van der Waals surface area contributed by atoms with Crippen molar-refractivity contribution in [3.8, 4) is 5.75 Å². The predicted octanol–water partition coefficient (Wildman–Crippen LogP) is 3.44.